The molecule has 0 bridgehead atoms. The minimum absolute atomic E-state index is 0.0633. The first kappa shape index (κ1) is 21.6. The molecule has 0 saturated carbocycles. The van der Waals surface area contributed by atoms with Crippen molar-refractivity contribution in [2.45, 2.75) is 52.4 Å². The number of anilines is 1. The summed E-state index contributed by atoms with van der Waals surface area (Å²) in [6, 6.07) is 15.4. The number of fused-ring (bicyclic) bond motifs is 1. The summed E-state index contributed by atoms with van der Waals surface area (Å²) in [5, 5.41) is 3.46. The van der Waals surface area contributed by atoms with Gasteiger partial charge >= 0.3 is 5.63 Å². The lowest BCUT2D eigenvalue weighted by molar-refractivity contribution is -0.111. The van der Waals surface area contributed by atoms with Crippen LogP contribution in [0, 0.1) is 0 Å². The fourth-order valence-electron chi connectivity index (χ4n) is 3.22. The molecule has 0 fully saturated rings. The van der Waals surface area contributed by atoms with Crippen molar-refractivity contribution in [1.82, 2.24) is 0 Å². The van der Waals surface area contributed by atoms with Crippen LogP contribution in [0.3, 0.4) is 0 Å². The molecule has 3 rings (SSSR count). The second-order valence-electron chi connectivity index (χ2n) is 9.62. The molecule has 4 nitrogen and oxygen atoms in total. The Hall–Kier alpha value is -3.14. The quantitative estimate of drug-likeness (QED) is 0.428. The highest BCUT2D eigenvalue weighted by atomic mass is 16.4. The van der Waals surface area contributed by atoms with Gasteiger partial charge in [0.2, 0.25) is 5.91 Å². The zero-order valence-corrected chi connectivity index (χ0v) is 18.5. The van der Waals surface area contributed by atoms with Crippen LogP contribution in [0.2, 0.25) is 0 Å². The van der Waals surface area contributed by atoms with E-state index in [1.807, 2.05) is 36.4 Å². The second-order valence-corrected chi connectivity index (χ2v) is 9.62. The van der Waals surface area contributed by atoms with Gasteiger partial charge in [-0.25, -0.2) is 4.79 Å². The first-order chi connectivity index (χ1) is 13.9. The summed E-state index contributed by atoms with van der Waals surface area (Å²) in [6.45, 7) is 12.7. The number of hydrogen-bond acceptors (Lipinski definition) is 3. The maximum Gasteiger partial charge on any atom is 0.360 e. The van der Waals surface area contributed by atoms with Crippen molar-refractivity contribution >= 4 is 28.6 Å². The third-order valence-electron chi connectivity index (χ3n) is 4.99. The maximum atomic E-state index is 12.6. The van der Waals surface area contributed by atoms with E-state index in [1.54, 1.807) is 12.1 Å². The zero-order valence-electron chi connectivity index (χ0n) is 18.5. The van der Waals surface area contributed by atoms with Gasteiger partial charge in [-0.15, -0.1) is 0 Å². The van der Waals surface area contributed by atoms with Gasteiger partial charge in [0.15, 0.2) is 0 Å². The number of benzene rings is 2. The summed E-state index contributed by atoms with van der Waals surface area (Å²) in [7, 11) is 0. The van der Waals surface area contributed by atoms with Crippen LogP contribution in [0.25, 0.3) is 17.0 Å². The summed E-state index contributed by atoms with van der Waals surface area (Å²) in [5.74, 6) is -0.381. The largest absolute Gasteiger partial charge is 0.421 e. The Balaban J connectivity index is 2.02. The molecule has 0 saturated heterocycles. The van der Waals surface area contributed by atoms with Gasteiger partial charge in [-0.3, -0.25) is 4.79 Å². The summed E-state index contributed by atoms with van der Waals surface area (Å²) >= 11 is 0. The van der Waals surface area contributed by atoms with Crippen LogP contribution in [0.15, 0.2) is 63.8 Å². The van der Waals surface area contributed by atoms with E-state index in [-0.39, 0.29) is 22.4 Å². The molecule has 0 radical (unpaired) electrons. The number of rotatable bonds is 3. The van der Waals surface area contributed by atoms with Crippen molar-refractivity contribution in [2.75, 3.05) is 5.32 Å². The van der Waals surface area contributed by atoms with Gasteiger partial charge in [0.1, 0.15) is 11.3 Å². The van der Waals surface area contributed by atoms with Crippen molar-refractivity contribution in [2.24, 2.45) is 0 Å². The van der Waals surface area contributed by atoms with Gasteiger partial charge in [0, 0.05) is 17.0 Å². The lowest BCUT2D eigenvalue weighted by atomic mass is 9.79. The smallest absolute Gasteiger partial charge is 0.360 e. The van der Waals surface area contributed by atoms with Crippen LogP contribution < -0.4 is 10.9 Å². The van der Waals surface area contributed by atoms with Gasteiger partial charge in [-0.2, -0.15) is 0 Å². The Morgan fingerprint density at radius 3 is 2.20 bits per heavy atom. The van der Waals surface area contributed by atoms with Crippen LogP contribution in [-0.4, -0.2) is 5.91 Å². The Morgan fingerprint density at radius 2 is 1.60 bits per heavy atom. The van der Waals surface area contributed by atoms with Crippen molar-refractivity contribution < 1.29 is 9.21 Å². The number of amides is 1. The summed E-state index contributed by atoms with van der Waals surface area (Å²) in [4.78, 5) is 24.9. The number of hydrogen-bond donors (Lipinski definition) is 1. The highest BCUT2D eigenvalue weighted by Crippen LogP contribution is 2.35. The average Bonchev–Trinajstić information content (AvgIpc) is 2.65. The molecule has 0 aliphatic carbocycles. The predicted molar refractivity (Wildman–Crippen MR) is 124 cm³/mol. The monoisotopic (exact) mass is 403 g/mol. The first-order valence-electron chi connectivity index (χ1n) is 10.1. The van der Waals surface area contributed by atoms with E-state index < -0.39 is 5.63 Å². The van der Waals surface area contributed by atoms with Crippen molar-refractivity contribution in [3.8, 4) is 0 Å². The van der Waals surface area contributed by atoms with Crippen LogP contribution >= 0.6 is 0 Å². The van der Waals surface area contributed by atoms with Gasteiger partial charge in [0.25, 0.3) is 0 Å². The molecular formula is C26H29NO3. The Kier molecular flexibility index (Phi) is 5.71. The average molecular weight is 404 g/mol. The molecule has 1 aromatic heterocycles. The fourth-order valence-corrected chi connectivity index (χ4v) is 3.22. The number of carbonyl (C=O) groups excluding carboxylic acids is 1. The topological polar surface area (TPSA) is 59.3 Å². The van der Waals surface area contributed by atoms with Crippen molar-refractivity contribution in [3.05, 3.63) is 81.7 Å². The van der Waals surface area contributed by atoms with E-state index in [1.165, 1.54) is 6.08 Å². The Labute approximate surface area is 177 Å². The van der Waals surface area contributed by atoms with Crippen molar-refractivity contribution in [1.29, 1.82) is 0 Å². The molecule has 3 aromatic rings. The second kappa shape index (κ2) is 7.94. The molecule has 0 unspecified atom stereocenters. The standard InChI is InChI=1S/C26H29NO3/c1-25(2,3)19-14-18-15-21(24(29)30-23(18)20(16-19)26(4,5)6)27-22(28)13-12-17-10-8-7-9-11-17/h7-16H,1-6H3,(H,27,28)/b13-12+. The molecule has 2 aromatic carbocycles. The normalized spacial score (nSPS) is 12.5. The number of nitrogens with one attached hydrogen (secondary N) is 1. The van der Waals surface area contributed by atoms with Gasteiger partial charge in [0.05, 0.1) is 0 Å². The fraction of sp³-hybridized carbons (Fsp3) is 0.308. The van der Waals surface area contributed by atoms with Gasteiger partial charge < -0.3 is 9.73 Å². The van der Waals surface area contributed by atoms with Crippen LogP contribution in [0.5, 0.6) is 0 Å². The summed E-state index contributed by atoms with van der Waals surface area (Å²) in [6.07, 6.45) is 3.11. The summed E-state index contributed by atoms with van der Waals surface area (Å²) < 4.78 is 5.69. The molecule has 0 aliphatic heterocycles. The highest BCUT2D eigenvalue weighted by molar-refractivity contribution is 6.02. The first-order valence-corrected chi connectivity index (χ1v) is 10.1. The van der Waals surface area contributed by atoms with Gasteiger partial charge in [-0.05, 0) is 40.2 Å². The molecule has 1 amide bonds. The third kappa shape index (κ3) is 4.88. The molecule has 0 spiro atoms. The van der Waals surface area contributed by atoms with E-state index in [0.29, 0.717) is 5.58 Å². The SMILES string of the molecule is CC(C)(C)c1cc(C(C)(C)C)c2oc(=O)c(NC(=O)/C=C/c3ccccc3)cc2c1. The van der Waals surface area contributed by atoms with E-state index >= 15 is 0 Å². The molecule has 0 atom stereocenters. The Morgan fingerprint density at radius 1 is 0.933 bits per heavy atom. The maximum absolute atomic E-state index is 12.6. The predicted octanol–water partition coefficient (Wildman–Crippen LogP) is 6.04. The van der Waals surface area contributed by atoms with E-state index in [2.05, 4.69) is 52.9 Å². The minimum atomic E-state index is -0.557. The lowest BCUT2D eigenvalue weighted by Crippen LogP contribution is -2.19. The Bertz CT molecular complexity index is 1160. The van der Waals surface area contributed by atoms with Gasteiger partial charge in [-0.1, -0.05) is 77.9 Å². The molecule has 0 aliphatic rings. The molecular weight excluding hydrogens is 374 g/mol. The summed E-state index contributed by atoms with van der Waals surface area (Å²) in [5.41, 5.74) is 2.92. The molecule has 1 N–H and O–H groups in total. The van der Waals surface area contributed by atoms with Crippen molar-refractivity contribution in [3.63, 3.8) is 0 Å². The number of carbonyl (C=O) groups is 1. The molecule has 156 valence electrons. The van der Waals surface area contributed by atoms with E-state index in [0.717, 1.165) is 22.1 Å². The van der Waals surface area contributed by atoms with E-state index in [9.17, 15) is 9.59 Å². The minimum Gasteiger partial charge on any atom is -0.421 e. The van der Waals surface area contributed by atoms with Crippen LogP contribution in [-0.2, 0) is 15.6 Å². The lowest BCUT2D eigenvalue weighted by Gasteiger charge is -2.26. The molecule has 1 heterocycles. The molecule has 30 heavy (non-hydrogen) atoms. The highest BCUT2D eigenvalue weighted by Gasteiger charge is 2.24. The zero-order chi connectivity index (χ0) is 22.1. The van der Waals surface area contributed by atoms with E-state index in [4.69, 9.17) is 4.42 Å². The third-order valence-corrected chi connectivity index (χ3v) is 4.99. The molecule has 4 heteroatoms. The van der Waals surface area contributed by atoms with Crippen LogP contribution in [0.4, 0.5) is 5.69 Å². The van der Waals surface area contributed by atoms with Crippen LogP contribution in [0.1, 0.15) is 58.2 Å².